The Bertz CT molecular complexity index is 1040. The molecule has 27 heavy (non-hydrogen) atoms. The van der Waals surface area contributed by atoms with Gasteiger partial charge in [-0.15, -0.1) is 21.5 Å². The van der Waals surface area contributed by atoms with Crippen molar-refractivity contribution in [1.82, 2.24) is 14.8 Å². The maximum absolute atomic E-state index is 12.4. The first-order valence-corrected chi connectivity index (χ1v) is 10.8. The zero-order valence-electron chi connectivity index (χ0n) is 14.1. The number of Topliss-reactive ketones (excluding diaryl/α,β-unsaturated/α-hetero) is 1. The summed E-state index contributed by atoms with van der Waals surface area (Å²) in [5, 5.41) is 11.4. The van der Waals surface area contributed by atoms with Gasteiger partial charge < -0.3 is 0 Å². The number of nitrogens with zero attached hydrogens (tertiary/aromatic N) is 3. The number of thioether (sulfide) groups is 1. The quantitative estimate of drug-likeness (QED) is 0.275. The van der Waals surface area contributed by atoms with E-state index in [1.807, 2.05) is 76.7 Å². The Labute approximate surface area is 173 Å². The van der Waals surface area contributed by atoms with E-state index in [9.17, 15) is 4.79 Å². The zero-order valence-corrected chi connectivity index (χ0v) is 17.3. The fraction of sp³-hybridized carbons (Fsp3) is 0.0500. The summed E-state index contributed by atoms with van der Waals surface area (Å²) >= 11 is 6.34. The summed E-state index contributed by atoms with van der Waals surface area (Å²) < 4.78 is 3.00. The maximum Gasteiger partial charge on any atom is 0.196 e. The number of halogens is 1. The summed E-state index contributed by atoms with van der Waals surface area (Å²) in [6.07, 6.45) is 0. The Morgan fingerprint density at radius 3 is 2.48 bits per heavy atom. The van der Waals surface area contributed by atoms with Crippen molar-refractivity contribution in [3.8, 4) is 17.1 Å². The maximum atomic E-state index is 12.4. The molecule has 0 unspecified atom stereocenters. The Balaban J connectivity index is 1.70. The van der Waals surface area contributed by atoms with Crippen LogP contribution in [0, 0.1) is 0 Å². The van der Waals surface area contributed by atoms with Crippen LogP contribution in [0.15, 0.2) is 81.7 Å². The molecule has 0 amide bonds. The summed E-state index contributed by atoms with van der Waals surface area (Å²) in [4.78, 5) is 13.1. The predicted molar refractivity (Wildman–Crippen MR) is 114 cm³/mol. The van der Waals surface area contributed by atoms with Gasteiger partial charge >= 0.3 is 0 Å². The van der Waals surface area contributed by atoms with E-state index < -0.39 is 0 Å². The molecule has 0 atom stereocenters. The van der Waals surface area contributed by atoms with E-state index in [2.05, 4.69) is 26.1 Å². The van der Waals surface area contributed by atoms with Crippen molar-refractivity contribution >= 4 is 44.8 Å². The second-order valence-corrected chi connectivity index (χ2v) is 8.48. The fourth-order valence-corrected chi connectivity index (χ4v) is 4.45. The van der Waals surface area contributed by atoms with Crippen LogP contribution in [0.25, 0.3) is 17.1 Å². The molecule has 4 rings (SSSR count). The second kappa shape index (κ2) is 8.21. The molecule has 4 aromatic rings. The molecule has 0 aliphatic heterocycles. The molecule has 2 aromatic heterocycles. The fourth-order valence-electron chi connectivity index (χ4n) is 2.60. The first-order chi connectivity index (χ1) is 13.2. The molecule has 0 aliphatic carbocycles. The molecule has 134 valence electrons. The third kappa shape index (κ3) is 4.05. The molecule has 0 spiro atoms. The predicted octanol–water partition coefficient (Wildman–Crippen LogP) is 5.73. The Morgan fingerprint density at radius 1 is 1.00 bits per heavy atom. The summed E-state index contributed by atoms with van der Waals surface area (Å²) in [6.45, 7) is 0. The van der Waals surface area contributed by atoms with Crippen LogP contribution in [0.5, 0.6) is 0 Å². The number of ketones is 1. The van der Waals surface area contributed by atoms with Crippen LogP contribution in [-0.4, -0.2) is 26.3 Å². The van der Waals surface area contributed by atoms with Crippen molar-refractivity contribution in [1.29, 1.82) is 0 Å². The van der Waals surface area contributed by atoms with Crippen LogP contribution in [0.4, 0.5) is 0 Å². The summed E-state index contributed by atoms with van der Waals surface area (Å²) in [7, 11) is 0. The molecule has 4 nitrogen and oxygen atoms in total. The van der Waals surface area contributed by atoms with Crippen LogP contribution in [0.3, 0.4) is 0 Å². The number of carbonyl (C=O) groups excluding carboxylic acids is 1. The van der Waals surface area contributed by atoms with Crippen LogP contribution in [0.2, 0.25) is 0 Å². The average molecular weight is 456 g/mol. The lowest BCUT2D eigenvalue weighted by Crippen LogP contribution is -2.03. The molecule has 0 aliphatic rings. The van der Waals surface area contributed by atoms with Gasteiger partial charge in [0.1, 0.15) is 0 Å². The zero-order chi connectivity index (χ0) is 18.6. The number of aromatic nitrogens is 3. The van der Waals surface area contributed by atoms with Gasteiger partial charge in [-0.3, -0.25) is 9.36 Å². The molecule has 0 fully saturated rings. The number of thiophene rings is 1. The first kappa shape index (κ1) is 18.2. The second-order valence-electron chi connectivity index (χ2n) is 5.67. The van der Waals surface area contributed by atoms with Crippen molar-refractivity contribution in [3.63, 3.8) is 0 Å². The number of rotatable bonds is 6. The van der Waals surface area contributed by atoms with Crippen molar-refractivity contribution in [2.24, 2.45) is 0 Å². The molecular formula is C20H14BrN3OS2. The molecular weight excluding hydrogens is 442 g/mol. The van der Waals surface area contributed by atoms with Crippen molar-refractivity contribution < 1.29 is 4.79 Å². The van der Waals surface area contributed by atoms with Gasteiger partial charge in [0.15, 0.2) is 16.8 Å². The SMILES string of the molecule is O=C(CSc1nnc(-c2ccccc2)n1-c1ccc(Br)cc1)c1cccs1. The molecule has 2 aromatic carbocycles. The molecule has 2 heterocycles. The van der Waals surface area contributed by atoms with Gasteiger partial charge in [-0.2, -0.15) is 0 Å². The minimum absolute atomic E-state index is 0.0987. The lowest BCUT2D eigenvalue weighted by atomic mass is 10.2. The van der Waals surface area contributed by atoms with E-state index in [0.29, 0.717) is 10.9 Å². The highest BCUT2D eigenvalue weighted by Crippen LogP contribution is 2.29. The molecule has 0 N–H and O–H groups in total. The monoisotopic (exact) mass is 455 g/mol. The van der Waals surface area contributed by atoms with E-state index in [-0.39, 0.29) is 5.78 Å². The highest BCUT2D eigenvalue weighted by molar-refractivity contribution is 9.10. The number of benzene rings is 2. The van der Waals surface area contributed by atoms with E-state index in [0.717, 1.165) is 26.4 Å². The van der Waals surface area contributed by atoms with Crippen LogP contribution >= 0.6 is 39.0 Å². The third-order valence-electron chi connectivity index (χ3n) is 3.88. The summed E-state index contributed by atoms with van der Waals surface area (Å²) in [6, 6.07) is 21.6. The lowest BCUT2D eigenvalue weighted by molar-refractivity contribution is 0.102. The first-order valence-electron chi connectivity index (χ1n) is 8.18. The molecule has 0 bridgehead atoms. The van der Waals surface area contributed by atoms with Crippen molar-refractivity contribution in [3.05, 3.63) is 81.5 Å². The molecule has 0 saturated heterocycles. The van der Waals surface area contributed by atoms with E-state index >= 15 is 0 Å². The van der Waals surface area contributed by atoms with Gasteiger partial charge in [0.25, 0.3) is 0 Å². The Kier molecular flexibility index (Phi) is 5.52. The molecule has 0 radical (unpaired) electrons. The van der Waals surface area contributed by atoms with Gasteiger partial charge in [-0.05, 0) is 35.7 Å². The number of hydrogen-bond acceptors (Lipinski definition) is 5. The van der Waals surface area contributed by atoms with E-state index in [1.165, 1.54) is 23.1 Å². The van der Waals surface area contributed by atoms with Gasteiger partial charge in [0.2, 0.25) is 0 Å². The van der Waals surface area contributed by atoms with Crippen LogP contribution in [0.1, 0.15) is 9.67 Å². The number of hydrogen-bond donors (Lipinski definition) is 0. The number of carbonyl (C=O) groups is 1. The van der Waals surface area contributed by atoms with Crippen LogP contribution < -0.4 is 0 Å². The molecule has 0 saturated carbocycles. The van der Waals surface area contributed by atoms with E-state index in [4.69, 9.17) is 0 Å². The van der Waals surface area contributed by atoms with Crippen LogP contribution in [-0.2, 0) is 0 Å². The third-order valence-corrected chi connectivity index (χ3v) is 6.25. The lowest BCUT2D eigenvalue weighted by Gasteiger charge is -2.10. The smallest absolute Gasteiger partial charge is 0.196 e. The van der Waals surface area contributed by atoms with Gasteiger partial charge in [-0.25, -0.2) is 0 Å². The van der Waals surface area contributed by atoms with E-state index in [1.54, 1.807) is 0 Å². The summed E-state index contributed by atoms with van der Waals surface area (Å²) in [5.41, 5.74) is 1.93. The average Bonchev–Trinajstić information content (AvgIpc) is 3.38. The van der Waals surface area contributed by atoms with Gasteiger partial charge in [0, 0.05) is 15.7 Å². The largest absolute Gasteiger partial charge is 0.292 e. The Hall–Kier alpha value is -2.22. The van der Waals surface area contributed by atoms with Crippen molar-refractivity contribution in [2.75, 3.05) is 5.75 Å². The summed E-state index contributed by atoms with van der Waals surface area (Å²) in [5.74, 6) is 1.18. The van der Waals surface area contributed by atoms with Gasteiger partial charge in [-0.1, -0.05) is 64.1 Å². The highest BCUT2D eigenvalue weighted by Gasteiger charge is 2.18. The standard InChI is InChI=1S/C20H14BrN3OS2/c21-15-8-10-16(11-9-15)24-19(14-5-2-1-3-6-14)22-23-20(24)27-13-17(25)18-7-4-12-26-18/h1-12H,13H2. The van der Waals surface area contributed by atoms with Crippen molar-refractivity contribution in [2.45, 2.75) is 5.16 Å². The topological polar surface area (TPSA) is 47.8 Å². The van der Waals surface area contributed by atoms with Gasteiger partial charge in [0.05, 0.1) is 10.6 Å². The highest BCUT2D eigenvalue weighted by atomic mass is 79.9. The Morgan fingerprint density at radius 2 is 1.78 bits per heavy atom. The minimum Gasteiger partial charge on any atom is -0.292 e. The minimum atomic E-state index is 0.0987. The normalized spacial score (nSPS) is 10.9. The molecule has 7 heteroatoms.